The molecule has 0 fully saturated rings. The highest BCUT2D eigenvalue weighted by molar-refractivity contribution is 9.10. The van der Waals surface area contributed by atoms with Crippen LogP contribution in [-0.4, -0.2) is 16.2 Å². The number of rotatable bonds is 4. The fourth-order valence-electron chi connectivity index (χ4n) is 1.49. The van der Waals surface area contributed by atoms with E-state index >= 15 is 0 Å². The Morgan fingerprint density at radius 3 is 2.69 bits per heavy atom. The van der Waals surface area contributed by atoms with Crippen molar-refractivity contribution in [2.45, 2.75) is 19.4 Å². The SMILES string of the molecule is CCC(C(=O)O)C(O)c1cc(Br)ccc1F. The summed E-state index contributed by atoms with van der Waals surface area (Å²) in [5.41, 5.74) is 0.00336. The second-order valence-corrected chi connectivity index (χ2v) is 4.38. The largest absolute Gasteiger partial charge is 0.481 e. The van der Waals surface area contributed by atoms with Crippen molar-refractivity contribution in [3.05, 3.63) is 34.1 Å². The fourth-order valence-corrected chi connectivity index (χ4v) is 1.87. The summed E-state index contributed by atoms with van der Waals surface area (Å²) in [6, 6.07) is 4.08. The van der Waals surface area contributed by atoms with E-state index < -0.39 is 23.8 Å². The molecule has 3 nitrogen and oxygen atoms in total. The van der Waals surface area contributed by atoms with Gasteiger partial charge in [-0.2, -0.15) is 0 Å². The molecule has 1 rings (SSSR count). The number of carbonyl (C=O) groups is 1. The van der Waals surface area contributed by atoms with Crippen molar-refractivity contribution in [1.82, 2.24) is 0 Å². The van der Waals surface area contributed by atoms with E-state index in [0.717, 1.165) is 0 Å². The van der Waals surface area contributed by atoms with Crippen molar-refractivity contribution >= 4 is 21.9 Å². The van der Waals surface area contributed by atoms with Gasteiger partial charge in [-0.1, -0.05) is 22.9 Å². The summed E-state index contributed by atoms with van der Waals surface area (Å²) in [4.78, 5) is 10.8. The fraction of sp³-hybridized carbons (Fsp3) is 0.364. The number of halogens is 2. The lowest BCUT2D eigenvalue weighted by atomic mass is 9.93. The Bertz CT molecular complexity index is 395. The van der Waals surface area contributed by atoms with Crippen LogP contribution in [0.15, 0.2) is 22.7 Å². The lowest BCUT2D eigenvalue weighted by Gasteiger charge is -2.18. The van der Waals surface area contributed by atoms with Crippen molar-refractivity contribution in [2.75, 3.05) is 0 Å². The molecule has 0 saturated heterocycles. The van der Waals surface area contributed by atoms with Gasteiger partial charge in [0.2, 0.25) is 0 Å². The molecule has 0 bridgehead atoms. The topological polar surface area (TPSA) is 57.5 Å². The molecule has 0 aliphatic rings. The summed E-state index contributed by atoms with van der Waals surface area (Å²) < 4.78 is 14.0. The van der Waals surface area contributed by atoms with E-state index in [-0.39, 0.29) is 12.0 Å². The van der Waals surface area contributed by atoms with Crippen LogP contribution in [0, 0.1) is 11.7 Å². The molecule has 0 aromatic heterocycles. The second-order valence-electron chi connectivity index (χ2n) is 3.46. The van der Waals surface area contributed by atoms with Gasteiger partial charge < -0.3 is 10.2 Å². The highest BCUT2D eigenvalue weighted by atomic mass is 79.9. The summed E-state index contributed by atoms with van der Waals surface area (Å²) in [5.74, 6) is -2.73. The summed E-state index contributed by atoms with van der Waals surface area (Å²) in [5, 5.41) is 18.7. The molecule has 1 aromatic rings. The predicted octanol–water partition coefficient (Wildman–Crippen LogP) is 2.73. The number of hydrogen-bond acceptors (Lipinski definition) is 2. The molecule has 0 aliphatic carbocycles. The predicted molar refractivity (Wildman–Crippen MR) is 60.5 cm³/mol. The molecule has 0 radical (unpaired) electrons. The van der Waals surface area contributed by atoms with Crippen LogP contribution in [0.4, 0.5) is 4.39 Å². The van der Waals surface area contributed by atoms with Crippen LogP contribution >= 0.6 is 15.9 Å². The monoisotopic (exact) mass is 290 g/mol. The van der Waals surface area contributed by atoms with Crippen molar-refractivity contribution in [1.29, 1.82) is 0 Å². The second kappa shape index (κ2) is 5.41. The van der Waals surface area contributed by atoms with Crippen molar-refractivity contribution in [3.8, 4) is 0 Å². The molecule has 2 unspecified atom stereocenters. The Labute approximate surface area is 101 Å². The van der Waals surface area contributed by atoms with Crippen LogP contribution in [0.25, 0.3) is 0 Å². The van der Waals surface area contributed by atoms with Gasteiger partial charge in [0.1, 0.15) is 5.82 Å². The van der Waals surface area contributed by atoms with Crippen LogP contribution < -0.4 is 0 Å². The van der Waals surface area contributed by atoms with E-state index in [1.807, 2.05) is 0 Å². The third-order valence-corrected chi connectivity index (χ3v) is 2.91. The van der Waals surface area contributed by atoms with E-state index in [1.54, 1.807) is 6.92 Å². The molecule has 0 amide bonds. The van der Waals surface area contributed by atoms with Gasteiger partial charge >= 0.3 is 5.97 Å². The maximum absolute atomic E-state index is 13.4. The highest BCUT2D eigenvalue weighted by Crippen LogP contribution is 2.29. The molecular formula is C11H12BrFO3. The van der Waals surface area contributed by atoms with Gasteiger partial charge in [0, 0.05) is 10.0 Å². The minimum atomic E-state index is -1.33. The van der Waals surface area contributed by atoms with Gasteiger partial charge in [0.05, 0.1) is 12.0 Å². The molecule has 0 heterocycles. The molecule has 0 spiro atoms. The first kappa shape index (κ1) is 13.1. The third-order valence-electron chi connectivity index (χ3n) is 2.41. The highest BCUT2D eigenvalue weighted by Gasteiger charge is 2.28. The lowest BCUT2D eigenvalue weighted by molar-refractivity contribution is -0.146. The van der Waals surface area contributed by atoms with Crippen LogP contribution in [0.1, 0.15) is 25.0 Å². The number of aliphatic hydroxyl groups excluding tert-OH is 1. The number of carboxylic acid groups (broad SMARTS) is 1. The van der Waals surface area contributed by atoms with E-state index in [0.29, 0.717) is 4.47 Å². The summed E-state index contributed by atoms with van der Waals surface area (Å²) >= 11 is 3.15. The van der Waals surface area contributed by atoms with E-state index in [2.05, 4.69) is 15.9 Å². The summed E-state index contributed by atoms with van der Waals surface area (Å²) in [7, 11) is 0. The molecule has 1 aromatic carbocycles. The standard InChI is InChI=1S/C11H12BrFO3/c1-2-7(11(15)16)10(14)8-5-6(12)3-4-9(8)13/h3-5,7,10,14H,2H2,1H3,(H,15,16). The molecule has 16 heavy (non-hydrogen) atoms. The van der Waals surface area contributed by atoms with Gasteiger partial charge in [-0.25, -0.2) is 4.39 Å². The minimum absolute atomic E-state index is 0.00336. The molecule has 88 valence electrons. The maximum Gasteiger partial charge on any atom is 0.309 e. The maximum atomic E-state index is 13.4. The number of aliphatic hydroxyl groups is 1. The normalized spacial score (nSPS) is 14.5. The van der Waals surface area contributed by atoms with Crippen molar-refractivity contribution < 1.29 is 19.4 Å². The third kappa shape index (κ3) is 2.80. The van der Waals surface area contributed by atoms with E-state index in [1.165, 1.54) is 18.2 Å². The minimum Gasteiger partial charge on any atom is -0.481 e. The Morgan fingerprint density at radius 2 is 2.19 bits per heavy atom. The number of hydrogen-bond donors (Lipinski definition) is 2. The van der Waals surface area contributed by atoms with Crippen LogP contribution in [0.5, 0.6) is 0 Å². The molecular weight excluding hydrogens is 279 g/mol. The first-order valence-electron chi connectivity index (χ1n) is 4.83. The van der Waals surface area contributed by atoms with Crippen LogP contribution in [0.3, 0.4) is 0 Å². The first-order chi connectivity index (χ1) is 7.47. The lowest BCUT2D eigenvalue weighted by Crippen LogP contribution is -2.22. The van der Waals surface area contributed by atoms with Gasteiger partial charge in [-0.3, -0.25) is 4.79 Å². The summed E-state index contributed by atoms with van der Waals surface area (Å²) in [6.07, 6.45) is -1.09. The Balaban J connectivity index is 3.07. The molecule has 0 saturated carbocycles. The van der Waals surface area contributed by atoms with Gasteiger partial charge in [-0.15, -0.1) is 0 Å². The average molecular weight is 291 g/mol. The Kier molecular flexibility index (Phi) is 4.44. The zero-order valence-electron chi connectivity index (χ0n) is 8.65. The quantitative estimate of drug-likeness (QED) is 0.896. The average Bonchev–Trinajstić information content (AvgIpc) is 2.22. The van der Waals surface area contributed by atoms with E-state index in [4.69, 9.17) is 5.11 Å². The first-order valence-corrected chi connectivity index (χ1v) is 5.62. The molecule has 0 aliphatic heterocycles. The number of aliphatic carboxylic acids is 1. The zero-order valence-corrected chi connectivity index (χ0v) is 10.2. The molecule has 2 atom stereocenters. The van der Waals surface area contributed by atoms with Crippen molar-refractivity contribution in [2.24, 2.45) is 5.92 Å². The van der Waals surface area contributed by atoms with Crippen LogP contribution in [0.2, 0.25) is 0 Å². The van der Waals surface area contributed by atoms with Gasteiger partial charge in [0.25, 0.3) is 0 Å². The smallest absolute Gasteiger partial charge is 0.309 e. The number of benzene rings is 1. The summed E-state index contributed by atoms with van der Waals surface area (Å²) in [6.45, 7) is 1.64. The van der Waals surface area contributed by atoms with Gasteiger partial charge in [0.15, 0.2) is 0 Å². The van der Waals surface area contributed by atoms with Gasteiger partial charge in [-0.05, 0) is 24.6 Å². The van der Waals surface area contributed by atoms with Crippen molar-refractivity contribution in [3.63, 3.8) is 0 Å². The molecule has 2 N–H and O–H groups in total. The number of carboxylic acids is 1. The zero-order chi connectivity index (χ0) is 12.3. The Hall–Kier alpha value is -0.940. The van der Waals surface area contributed by atoms with Crippen LogP contribution in [-0.2, 0) is 4.79 Å². The Morgan fingerprint density at radius 1 is 1.56 bits per heavy atom. The molecule has 5 heteroatoms. The van der Waals surface area contributed by atoms with E-state index in [9.17, 15) is 14.3 Å².